The number of allylic oxidation sites excluding steroid dienone is 5. The van der Waals surface area contributed by atoms with Gasteiger partial charge in [-0.05, 0) is 85.4 Å². The Morgan fingerprint density at radius 2 is 1.66 bits per heavy atom. The van der Waals surface area contributed by atoms with Gasteiger partial charge in [0.15, 0.2) is 22.5 Å². The average Bonchev–Trinajstić information content (AvgIpc) is 2.82. The molecule has 0 amide bonds. The minimum Gasteiger partial charge on any atom is -0.494 e. The van der Waals surface area contributed by atoms with Gasteiger partial charge in [-0.15, -0.1) is 0 Å². The highest BCUT2D eigenvalue weighted by atomic mass is 16.5. The van der Waals surface area contributed by atoms with Crippen LogP contribution in [0.4, 0.5) is 0 Å². The number of nitrogens with zero attached hydrogens (tertiary/aromatic N) is 1. The molecule has 0 saturated heterocycles. The Morgan fingerprint density at radius 1 is 0.971 bits per heavy atom. The minimum atomic E-state index is -0.0873. The summed E-state index contributed by atoms with van der Waals surface area (Å²) in [5, 5.41) is 0. The van der Waals surface area contributed by atoms with Crippen LogP contribution in [0.5, 0.6) is 11.5 Å². The Balaban J connectivity index is 1.67. The van der Waals surface area contributed by atoms with Crippen molar-refractivity contribution in [2.45, 2.75) is 67.2 Å². The second kappa shape index (κ2) is 11.9. The lowest BCUT2D eigenvalue weighted by atomic mass is 10.0. The molecule has 0 N–H and O–H groups in total. The third-order valence-corrected chi connectivity index (χ3v) is 6.18. The zero-order valence-electron chi connectivity index (χ0n) is 22.1. The lowest BCUT2D eigenvalue weighted by Gasteiger charge is -2.15. The Hall–Kier alpha value is -3.34. The normalized spacial score (nSPS) is 12.3. The molecule has 186 valence electrons. The molecule has 0 saturated carbocycles. The van der Waals surface area contributed by atoms with Crippen molar-refractivity contribution < 1.29 is 13.9 Å². The summed E-state index contributed by atoms with van der Waals surface area (Å²) in [6.45, 7) is 12.6. The highest BCUT2D eigenvalue weighted by molar-refractivity contribution is 5.81. The van der Waals surface area contributed by atoms with E-state index in [4.69, 9.17) is 18.9 Å². The highest BCUT2D eigenvalue weighted by Crippen LogP contribution is 2.36. The summed E-state index contributed by atoms with van der Waals surface area (Å²) >= 11 is 0. The van der Waals surface area contributed by atoms with Crippen LogP contribution in [0, 0.1) is 13.8 Å². The zero-order chi connectivity index (χ0) is 25.5. The van der Waals surface area contributed by atoms with E-state index in [1.807, 2.05) is 18.2 Å². The lowest BCUT2D eigenvalue weighted by molar-refractivity contribution is 0.362. The number of aromatic nitrogens is 1. The van der Waals surface area contributed by atoms with Crippen molar-refractivity contribution in [1.82, 2.24) is 4.98 Å². The molecule has 1 heterocycles. The molecule has 0 unspecified atom stereocenters. The van der Waals surface area contributed by atoms with Crippen molar-refractivity contribution in [3.63, 3.8) is 0 Å². The van der Waals surface area contributed by atoms with Crippen molar-refractivity contribution in [2.75, 3.05) is 13.7 Å². The molecule has 0 fully saturated rings. The molecule has 0 bridgehead atoms. The van der Waals surface area contributed by atoms with E-state index in [2.05, 4.69) is 45.9 Å². The molecule has 5 heteroatoms. The first kappa shape index (κ1) is 26.3. The second-order valence-corrected chi connectivity index (χ2v) is 9.40. The minimum absolute atomic E-state index is 0.0873. The van der Waals surface area contributed by atoms with Gasteiger partial charge in [0.25, 0.3) is 0 Å². The first-order chi connectivity index (χ1) is 16.7. The van der Waals surface area contributed by atoms with Gasteiger partial charge in [-0.25, -0.2) is 4.98 Å². The largest absolute Gasteiger partial charge is 0.494 e. The second-order valence-electron chi connectivity index (χ2n) is 9.40. The summed E-state index contributed by atoms with van der Waals surface area (Å²) in [4.78, 5) is 17.2. The van der Waals surface area contributed by atoms with E-state index in [1.54, 1.807) is 21.0 Å². The van der Waals surface area contributed by atoms with E-state index in [-0.39, 0.29) is 5.43 Å². The van der Waals surface area contributed by atoms with Crippen molar-refractivity contribution in [3.8, 4) is 23.0 Å². The van der Waals surface area contributed by atoms with E-state index in [9.17, 15) is 4.79 Å². The number of hydrogen-bond acceptors (Lipinski definition) is 5. The zero-order valence-corrected chi connectivity index (χ0v) is 22.1. The van der Waals surface area contributed by atoms with Crippen LogP contribution in [0.2, 0.25) is 0 Å². The number of fused-ring (bicyclic) bond motifs is 2. The van der Waals surface area contributed by atoms with Gasteiger partial charge in [0, 0.05) is 17.2 Å². The van der Waals surface area contributed by atoms with E-state index in [0.717, 1.165) is 25.7 Å². The molecule has 1 aliphatic carbocycles. The van der Waals surface area contributed by atoms with Crippen molar-refractivity contribution in [3.05, 3.63) is 74.5 Å². The fourth-order valence-corrected chi connectivity index (χ4v) is 4.03. The van der Waals surface area contributed by atoms with E-state index in [1.165, 1.54) is 16.7 Å². The fraction of sp³-hybridized carbons (Fsp3) is 0.400. The highest BCUT2D eigenvalue weighted by Gasteiger charge is 2.23. The molecule has 0 atom stereocenters. The molecule has 0 aromatic heterocycles. The fourth-order valence-electron chi connectivity index (χ4n) is 4.03. The van der Waals surface area contributed by atoms with Crippen LogP contribution < -0.4 is 14.9 Å². The lowest BCUT2D eigenvalue weighted by Crippen LogP contribution is -2.14. The van der Waals surface area contributed by atoms with Gasteiger partial charge in [-0.1, -0.05) is 28.9 Å². The monoisotopic (exact) mass is 475 g/mol. The van der Waals surface area contributed by atoms with Crippen molar-refractivity contribution >= 4 is 11.1 Å². The maximum Gasteiger partial charge on any atom is 0.192 e. The number of ether oxygens (including phenoxy) is 2. The molecule has 5 nitrogen and oxygen atoms in total. The number of methoxy groups -OCH3 is 1. The van der Waals surface area contributed by atoms with E-state index >= 15 is 0 Å². The molecule has 0 spiro atoms. The topological polar surface area (TPSA) is 61.6 Å². The predicted octanol–water partition coefficient (Wildman–Crippen LogP) is 7.72. The summed E-state index contributed by atoms with van der Waals surface area (Å²) in [5.41, 5.74) is 6.91. The molecule has 3 rings (SSSR count). The summed E-state index contributed by atoms with van der Waals surface area (Å²) in [7, 11) is 1.54. The van der Waals surface area contributed by atoms with E-state index < -0.39 is 0 Å². The van der Waals surface area contributed by atoms with Crippen LogP contribution in [0.3, 0.4) is 0 Å². The molecular formula is C30H37NO4. The van der Waals surface area contributed by atoms with Crippen LogP contribution in [0.25, 0.3) is 22.6 Å². The first-order valence-electron chi connectivity index (χ1n) is 12.2. The molecule has 1 aliphatic heterocycles. The molecule has 2 aliphatic rings. The SMILES string of the molecule is COc1c2nc3cc(OC/C=C(\C)CC/C=C(\C)CCC=C(C)C)ccc3oc-2c(C)c(=O)c1C. The third-order valence-electron chi connectivity index (χ3n) is 6.18. The maximum atomic E-state index is 12.5. The van der Waals surface area contributed by atoms with Crippen LogP contribution in [-0.2, 0) is 0 Å². The molecule has 35 heavy (non-hydrogen) atoms. The summed E-state index contributed by atoms with van der Waals surface area (Å²) in [6, 6.07) is 5.54. The van der Waals surface area contributed by atoms with Gasteiger partial charge in [0.05, 0.1) is 7.11 Å². The Morgan fingerprint density at radius 3 is 2.34 bits per heavy atom. The summed E-state index contributed by atoms with van der Waals surface area (Å²) < 4.78 is 17.5. The Bertz CT molecular complexity index is 1310. The number of benzene rings is 2. The van der Waals surface area contributed by atoms with E-state index in [0.29, 0.717) is 51.8 Å². The Labute approximate surface area is 208 Å². The summed E-state index contributed by atoms with van der Waals surface area (Å²) in [5.74, 6) is 1.62. The quantitative estimate of drug-likeness (QED) is 0.222. The van der Waals surface area contributed by atoms with Gasteiger partial charge in [-0.3, -0.25) is 4.79 Å². The van der Waals surface area contributed by atoms with Gasteiger partial charge in [0.1, 0.15) is 23.6 Å². The average molecular weight is 476 g/mol. The van der Waals surface area contributed by atoms with Crippen LogP contribution in [0.15, 0.2) is 62.4 Å². The molecule has 1 aromatic carbocycles. The van der Waals surface area contributed by atoms with Crippen molar-refractivity contribution in [2.24, 2.45) is 0 Å². The molecule has 1 aromatic rings. The number of rotatable bonds is 10. The number of hydrogen-bond donors (Lipinski definition) is 0. The standard InChI is InChI=1S/C30H37NO4/c1-19(2)10-8-11-20(3)12-9-13-21(4)16-17-34-24-14-15-26-25(18-24)31-27-29(33-7)22(5)28(32)23(6)30(27)35-26/h10,12,14-16,18H,8-9,11,13,17H2,1-7H3/b20-12+,21-16+. The smallest absolute Gasteiger partial charge is 0.192 e. The maximum absolute atomic E-state index is 12.5. The van der Waals surface area contributed by atoms with Gasteiger partial charge in [0.2, 0.25) is 0 Å². The van der Waals surface area contributed by atoms with Gasteiger partial charge < -0.3 is 13.9 Å². The molecule has 0 radical (unpaired) electrons. The third kappa shape index (κ3) is 6.62. The Kier molecular flexibility index (Phi) is 8.91. The summed E-state index contributed by atoms with van der Waals surface area (Å²) in [6.07, 6.45) is 11.1. The van der Waals surface area contributed by atoms with Crippen LogP contribution in [-0.4, -0.2) is 18.7 Å². The molecular weight excluding hydrogens is 438 g/mol. The predicted molar refractivity (Wildman–Crippen MR) is 144 cm³/mol. The van der Waals surface area contributed by atoms with Gasteiger partial charge >= 0.3 is 0 Å². The first-order valence-corrected chi connectivity index (χ1v) is 12.2. The van der Waals surface area contributed by atoms with Crippen LogP contribution in [0.1, 0.15) is 64.5 Å². The van der Waals surface area contributed by atoms with Crippen molar-refractivity contribution in [1.29, 1.82) is 0 Å². The van der Waals surface area contributed by atoms with Gasteiger partial charge in [-0.2, -0.15) is 0 Å². The van der Waals surface area contributed by atoms with Crippen LogP contribution >= 0.6 is 0 Å².